The molecule has 1 unspecified atom stereocenters. The number of amides is 2. The van der Waals surface area contributed by atoms with Gasteiger partial charge in [0.15, 0.2) is 0 Å². The van der Waals surface area contributed by atoms with Crippen molar-refractivity contribution in [2.45, 2.75) is 44.6 Å². The van der Waals surface area contributed by atoms with Gasteiger partial charge in [0, 0.05) is 25.3 Å². The highest BCUT2D eigenvalue weighted by Crippen LogP contribution is 2.30. The van der Waals surface area contributed by atoms with E-state index < -0.39 is 0 Å². The topological polar surface area (TPSA) is 40.6 Å². The maximum absolute atomic E-state index is 12.9. The SMILES string of the molecule is O=C([C@H]1CCCN1C(=O)CC1CCc2ccccc2C1)N1CCSC1. The molecular formula is C20H26N2O2S. The molecule has 2 saturated heterocycles. The molecular weight excluding hydrogens is 332 g/mol. The molecule has 4 nitrogen and oxygen atoms in total. The Kier molecular flexibility index (Phi) is 5.02. The Bertz CT molecular complexity index is 657. The third-order valence-electron chi connectivity index (χ3n) is 5.83. The Labute approximate surface area is 153 Å². The molecule has 4 rings (SSSR count). The van der Waals surface area contributed by atoms with Crippen molar-refractivity contribution >= 4 is 23.6 Å². The van der Waals surface area contributed by atoms with Gasteiger partial charge >= 0.3 is 0 Å². The van der Waals surface area contributed by atoms with Gasteiger partial charge in [-0.3, -0.25) is 9.59 Å². The zero-order chi connectivity index (χ0) is 17.2. The number of fused-ring (bicyclic) bond motifs is 1. The van der Waals surface area contributed by atoms with Gasteiger partial charge in [0.1, 0.15) is 6.04 Å². The van der Waals surface area contributed by atoms with Crippen molar-refractivity contribution in [2.24, 2.45) is 5.92 Å². The summed E-state index contributed by atoms with van der Waals surface area (Å²) in [4.78, 5) is 29.5. The molecule has 134 valence electrons. The molecule has 25 heavy (non-hydrogen) atoms. The highest BCUT2D eigenvalue weighted by Gasteiger charge is 2.37. The third kappa shape index (κ3) is 3.57. The number of aryl methyl sites for hydroxylation is 1. The first-order valence-corrected chi connectivity index (χ1v) is 10.6. The second-order valence-electron chi connectivity index (χ2n) is 7.47. The normalized spacial score (nSPS) is 25.9. The largest absolute Gasteiger partial charge is 0.331 e. The number of hydrogen-bond donors (Lipinski definition) is 0. The van der Waals surface area contributed by atoms with Crippen LogP contribution in [0.5, 0.6) is 0 Å². The van der Waals surface area contributed by atoms with Gasteiger partial charge in [-0.2, -0.15) is 0 Å². The Balaban J connectivity index is 1.38. The molecule has 0 spiro atoms. The predicted octanol–water partition coefficient (Wildman–Crippen LogP) is 2.71. The molecule has 0 aromatic heterocycles. The van der Waals surface area contributed by atoms with Crippen LogP contribution in [0.15, 0.2) is 24.3 Å². The van der Waals surface area contributed by atoms with Crippen LogP contribution in [-0.4, -0.2) is 52.4 Å². The lowest BCUT2D eigenvalue weighted by atomic mass is 9.82. The van der Waals surface area contributed by atoms with Crippen LogP contribution in [0, 0.1) is 5.92 Å². The maximum Gasteiger partial charge on any atom is 0.246 e. The molecule has 2 atom stereocenters. The number of carbonyl (C=O) groups excluding carboxylic acids is 2. The standard InChI is InChI=1S/C20H26N2O2S/c23-19(13-15-7-8-16-4-1-2-5-17(16)12-15)22-9-3-6-18(22)20(24)21-10-11-25-14-21/h1-2,4-5,15,18H,3,6-14H2/t15?,18-/m1/s1. The zero-order valence-electron chi connectivity index (χ0n) is 14.7. The van der Waals surface area contributed by atoms with Gasteiger partial charge in [-0.15, -0.1) is 11.8 Å². The second kappa shape index (κ2) is 7.40. The highest BCUT2D eigenvalue weighted by molar-refractivity contribution is 7.99. The number of rotatable bonds is 3. The molecule has 0 saturated carbocycles. The smallest absolute Gasteiger partial charge is 0.246 e. The second-order valence-corrected chi connectivity index (χ2v) is 8.54. The van der Waals surface area contributed by atoms with Crippen molar-refractivity contribution in [3.63, 3.8) is 0 Å². The summed E-state index contributed by atoms with van der Waals surface area (Å²) in [6.07, 6.45) is 5.53. The number of benzene rings is 1. The van der Waals surface area contributed by atoms with Crippen molar-refractivity contribution in [3.8, 4) is 0 Å². The summed E-state index contributed by atoms with van der Waals surface area (Å²) in [6, 6.07) is 8.38. The Morgan fingerprint density at radius 2 is 1.96 bits per heavy atom. The van der Waals surface area contributed by atoms with Gasteiger partial charge in [0.2, 0.25) is 11.8 Å². The van der Waals surface area contributed by atoms with E-state index in [2.05, 4.69) is 24.3 Å². The molecule has 2 amide bonds. The third-order valence-corrected chi connectivity index (χ3v) is 6.80. The first-order chi connectivity index (χ1) is 12.2. The van der Waals surface area contributed by atoms with Gasteiger partial charge in [-0.05, 0) is 49.1 Å². The van der Waals surface area contributed by atoms with E-state index in [0.29, 0.717) is 12.3 Å². The summed E-state index contributed by atoms with van der Waals surface area (Å²) in [5.41, 5.74) is 2.83. The fourth-order valence-corrected chi connectivity index (χ4v) is 5.39. The minimum absolute atomic E-state index is 0.171. The first kappa shape index (κ1) is 17.0. The lowest BCUT2D eigenvalue weighted by molar-refractivity contribution is -0.143. The van der Waals surface area contributed by atoms with Crippen molar-refractivity contribution in [2.75, 3.05) is 24.7 Å². The van der Waals surface area contributed by atoms with E-state index in [4.69, 9.17) is 0 Å². The highest BCUT2D eigenvalue weighted by atomic mass is 32.2. The Morgan fingerprint density at radius 3 is 2.76 bits per heavy atom. The van der Waals surface area contributed by atoms with Gasteiger partial charge in [0.05, 0.1) is 5.88 Å². The summed E-state index contributed by atoms with van der Waals surface area (Å²) in [7, 11) is 0. The average Bonchev–Trinajstić information content (AvgIpc) is 3.33. The van der Waals surface area contributed by atoms with Gasteiger partial charge < -0.3 is 9.80 Å². The summed E-state index contributed by atoms with van der Waals surface area (Å²) in [6.45, 7) is 1.58. The Morgan fingerprint density at radius 1 is 1.12 bits per heavy atom. The molecule has 0 N–H and O–H groups in total. The summed E-state index contributed by atoms with van der Waals surface area (Å²) in [5, 5.41) is 0. The quantitative estimate of drug-likeness (QED) is 0.834. The van der Waals surface area contributed by atoms with Crippen LogP contribution in [0.2, 0.25) is 0 Å². The first-order valence-electron chi connectivity index (χ1n) is 9.45. The van der Waals surface area contributed by atoms with Gasteiger partial charge in [0.25, 0.3) is 0 Å². The lowest BCUT2D eigenvalue weighted by Gasteiger charge is -2.30. The van der Waals surface area contributed by atoms with E-state index >= 15 is 0 Å². The molecule has 2 aliphatic heterocycles. The molecule has 3 aliphatic rings. The van der Waals surface area contributed by atoms with Crippen LogP contribution in [0.4, 0.5) is 0 Å². The maximum atomic E-state index is 12.9. The average molecular weight is 359 g/mol. The van der Waals surface area contributed by atoms with Crippen LogP contribution < -0.4 is 0 Å². The van der Waals surface area contributed by atoms with Crippen molar-refractivity contribution in [3.05, 3.63) is 35.4 Å². The zero-order valence-corrected chi connectivity index (χ0v) is 15.5. The van der Waals surface area contributed by atoms with E-state index in [1.807, 2.05) is 9.80 Å². The van der Waals surface area contributed by atoms with E-state index in [0.717, 1.165) is 56.8 Å². The lowest BCUT2D eigenvalue weighted by Crippen LogP contribution is -2.47. The molecule has 2 fully saturated rings. The Hall–Kier alpha value is -1.49. The van der Waals surface area contributed by atoms with Crippen molar-refractivity contribution < 1.29 is 9.59 Å². The number of carbonyl (C=O) groups is 2. The fraction of sp³-hybridized carbons (Fsp3) is 0.600. The summed E-state index contributed by atoms with van der Waals surface area (Å²) < 4.78 is 0. The van der Waals surface area contributed by atoms with Crippen molar-refractivity contribution in [1.29, 1.82) is 0 Å². The minimum Gasteiger partial charge on any atom is -0.331 e. The molecule has 0 radical (unpaired) electrons. The molecule has 0 bridgehead atoms. The van der Waals surface area contributed by atoms with Crippen LogP contribution in [0.1, 0.15) is 36.8 Å². The number of thioether (sulfide) groups is 1. The van der Waals surface area contributed by atoms with E-state index in [1.165, 1.54) is 11.1 Å². The summed E-state index contributed by atoms with van der Waals surface area (Å²) >= 11 is 1.80. The van der Waals surface area contributed by atoms with Gasteiger partial charge in [-0.1, -0.05) is 24.3 Å². The summed E-state index contributed by atoms with van der Waals surface area (Å²) in [5.74, 6) is 2.59. The molecule has 5 heteroatoms. The monoisotopic (exact) mass is 358 g/mol. The number of hydrogen-bond acceptors (Lipinski definition) is 3. The molecule has 1 aromatic rings. The van der Waals surface area contributed by atoms with E-state index in [-0.39, 0.29) is 17.9 Å². The van der Waals surface area contributed by atoms with Crippen molar-refractivity contribution in [1.82, 2.24) is 9.80 Å². The minimum atomic E-state index is -0.206. The fourth-order valence-electron chi connectivity index (χ4n) is 4.43. The van der Waals surface area contributed by atoms with E-state index in [9.17, 15) is 9.59 Å². The van der Waals surface area contributed by atoms with Crippen LogP contribution in [0.3, 0.4) is 0 Å². The van der Waals surface area contributed by atoms with E-state index in [1.54, 1.807) is 11.8 Å². The molecule has 1 aromatic carbocycles. The van der Waals surface area contributed by atoms with Crippen LogP contribution in [-0.2, 0) is 22.4 Å². The van der Waals surface area contributed by atoms with Crippen LogP contribution >= 0.6 is 11.8 Å². The predicted molar refractivity (Wildman–Crippen MR) is 100 cm³/mol. The number of likely N-dealkylation sites (tertiary alicyclic amines) is 1. The number of nitrogens with zero attached hydrogens (tertiary/aromatic N) is 2. The molecule has 2 heterocycles. The van der Waals surface area contributed by atoms with Gasteiger partial charge in [-0.25, -0.2) is 0 Å². The molecule has 1 aliphatic carbocycles. The van der Waals surface area contributed by atoms with Crippen LogP contribution in [0.25, 0.3) is 0 Å².